The molecule has 0 aliphatic rings. The molecule has 0 aromatic carbocycles. The molecule has 0 heterocycles. The van der Waals surface area contributed by atoms with E-state index in [9.17, 15) is 19.5 Å². The molecule has 0 spiro atoms. The number of carboxylic acids is 2. The van der Waals surface area contributed by atoms with E-state index >= 15 is 0 Å². The average Bonchev–Trinajstić information content (AvgIpc) is 3.12. The van der Waals surface area contributed by atoms with Crippen LogP contribution < -0.4 is 0 Å². The number of carboxylic acid groups (broad SMARTS) is 2. The molecular weight excluding hydrogens is 666 g/mol. The van der Waals surface area contributed by atoms with E-state index in [1.165, 1.54) is 89.9 Å². The molecule has 0 aromatic rings. The summed E-state index contributed by atoms with van der Waals surface area (Å²) in [4.78, 5) is 35.2. The summed E-state index contributed by atoms with van der Waals surface area (Å²) in [5.74, 6) is -1.59. The lowest BCUT2D eigenvalue weighted by atomic mass is 9.79. The molecule has 0 unspecified atom stereocenters. The van der Waals surface area contributed by atoms with Gasteiger partial charge in [0.1, 0.15) is 0 Å². The van der Waals surface area contributed by atoms with Crippen molar-refractivity contribution in [2.45, 2.75) is 205 Å². The maximum absolute atomic E-state index is 12.3. The second-order valence-electron chi connectivity index (χ2n) is 15.9. The van der Waals surface area contributed by atoms with Gasteiger partial charge in [0.2, 0.25) is 0 Å². The predicted octanol–water partition coefficient (Wildman–Crippen LogP) is 11.8. The maximum atomic E-state index is 12.3. The van der Waals surface area contributed by atoms with Gasteiger partial charge in [0.05, 0.1) is 19.8 Å². The van der Waals surface area contributed by atoms with Gasteiger partial charge in [-0.2, -0.15) is 0 Å². The molecule has 0 atom stereocenters. The highest BCUT2D eigenvalue weighted by atomic mass is 16.5. The van der Waals surface area contributed by atoms with Gasteiger partial charge in [-0.15, -0.1) is 0 Å². The van der Waals surface area contributed by atoms with Gasteiger partial charge in [0.15, 0.2) is 0 Å². The molecule has 8 heteroatoms. The van der Waals surface area contributed by atoms with E-state index in [1.54, 1.807) is 0 Å². The van der Waals surface area contributed by atoms with Crippen LogP contribution in [-0.4, -0.2) is 72.0 Å². The van der Waals surface area contributed by atoms with Crippen molar-refractivity contribution in [3.8, 4) is 0 Å². The van der Waals surface area contributed by atoms with Gasteiger partial charge in [0.25, 0.3) is 0 Å². The van der Waals surface area contributed by atoms with Crippen LogP contribution in [-0.2, 0) is 19.1 Å². The Hall–Kier alpha value is -2.19. The number of unbranched alkanes of at least 4 members (excludes halogenated alkanes) is 24. The minimum atomic E-state index is -0.687. The second kappa shape index (κ2) is 38.1. The van der Waals surface area contributed by atoms with Crippen LogP contribution in [0.25, 0.3) is 0 Å². The summed E-state index contributed by atoms with van der Waals surface area (Å²) in [7, 11) is 3.74. The van der Waals surface area contributed by atoms with Crippen LogP contribution in [0.5, 0.6) is 0 Å². The Morgan fingerprint density at radius 2 is 0.792 bits per heavy atom. The lowest BCUT2D eigenvalue weighted by Gasteiger charge is -2.32. The Balaban J connectivity index is 4.09. The molecule has 0 fully saturated rings. The molecule has 0 saturated heterocycles. The minimum Gasteiger partial charge on any atom is -0.481 e. The molecule has 8 nitrogen and oxygen atoms in total. The summed E-state index contributed by atoms with van der Waals surface area (Å²) in [6, 6.07) is 0. The van der Waals surface area contributed by atoms with Crippen molar-refractivity contribution in [3.05, 3.63) is 24.3 Å². The molecule has 0 amide bonds. The van der Waals surface area contributed by atoms with Crippen LogP contribution in [0, 0.1) is 5.41 Å². The van der Waals surface area contributed by atoms with Crippen molar-refractivity contribution in [1.82, 2.24) is 4.90 Å². The second-order valence-corrected chi connectivity index (χ2v) is 15.9. The quantitative estimate of drug-likeness (QED) is 0.0320. The number of hydrogen-bond donors (Lipinski definition) is 3. The number of esters is 1. The molecule has 3 N–H and O–H groups in total. The largest absolute Gasteiger partial charge is 0.481 e. The van der Waals surface area contributed by atoms with Crippen molar-refractivity contribution >= 4 is 17.9 Å². The molecule has 0 bridgehead atoms. The molecule has 0 aliphatic carbocycles. The molecule has 53 heavy (non-hydrogen) atoms. The summed E-state index contributed by atoms with van der Waals surface area (Å²) >= 11 is 0. The number of allylic oxidation sites excluding steroid dienone is 4. The third-order valence-corrected chi connectivity index (χ3v) is 10.3. The molecule has 0 radical (unpaired) electrons. The highest BCUT2D eigenvalue weighted by Gasteiger charge is 2.30. The van der Waals surface area contributed by atoms with Crippen molar-refractivity contribution in [2.24, 2.45) is 5.41 Å². The Labute approximate surface area is 325 Å². The molecule has 0 rings (SSSR count). The van der Waals surface area contributed by atoms with Gasteiger partial charge < -0.3 is 20.1 Å². The molecular formula is C45H83NO7. The number of aliphatic hydroxyl groups is 1. The topological polar surface area (TPSA) is 124 Å². The Kier molecular flexibility index (Phi) is 36.5. The summed E-state index contributed by atoms with van der Waals surface area (Å²) in [6.07, 6.45) is 43.9. The first-order chi connectivity index (χ1) is 25.7. The SMILES string of the molecule is CN(C)CC(=O)OCC(CO)(CCCCCCCCC/C=C\CCCCCCCC(=O)O)CCCCCCCCC/C=C\CCCCCCCC(=O)O. The highest BCUT2D eigenvalue weighted by molar-refractivity contribution is 5.71. The van der Waals surface area contributed by atoms with Crippen molar-refractivity contribution in [1.29, 1.82) is 0 Å². The first-order valence-corrected chi connectivity index (χ1v) is 21.9. The third-order valence-electron chi connectivity index (χ3n) is 10.3. The Bertz CT molecular complexity index is 861. The van der Waals surface area contributed by atoms with Gasteiger partial charge in [-0.05, 0) is 91.1 Å². The maximum Gasteiger partial charge on any atom is 0.320 e. The number of rotatable bonds is 41. The van der Waals surface area contributed by atoms with Gasteiger partial charge >= 0.3 is 17.9 Å². The predicted molar refractivity (Wildman–Crippen MR) is 220 cm³/mol. The summed E-state index contributed by atoms with van der Waals surface area (Å²) in [5.41, 5.74) is -0.332. The molecule has 0 aliphatic heterocycles. The van der Waals surface area contributed by atoms with Crippen LogP contribution in [0.3, 0.4) is 0 Å². The number of carbonyl (C=O) groups is 3. The summed E-state index contributed by atoms with van der Waals surface area (Å²) in [6.45, 7) is 0.655. The summed E-state index contributed by atoms with van der Waals surface area (Å²) < 4.78 is 5.70. The zero-order valence-electron chi connectivity index (χ0n) is 34.5. The van der Waals surface area contributed by atoms with Crippen molar-refractivity contribution in [2.75, 3.05) is 33.9 Å². The van der Waals surface area contributed by atoms with E-state index < -0.39 is 11.9 Å². The number of aliphatic carboxylic acids is 2. The van der Waals surface area contributed by atoms with Gasteiger partial charge in [-0.25, -0.2) is 0 Å². The minimum absolute atomic E-state index is 0.0723. The smallest absolute Gasteiger partial charge is 0.320 e. The average molecular weight is 750 g/mol. The van der Waals surface area contributed by atoms with E-state index in [4.69, 9.17) is 14.9 Å². The van der Waals surface area contributed by atoms with Gasteiger partial charge in [-0.1, -0.05) is 140 Å². The fourth-order valence-corrected chi connectivity index (χ4v) is 6.91. The number of likely N-dealkylation sites (N-methyl/N-ethyl adjacent to an activating group) is 1. The van der Waals surface area contributed by atoms with E-state index in [0.29, 0.717) is 19.4 Å². The van der Waals surface area contributed by atoms with Crippen LogP contribution in [0.1, 0.15) is 205 Å². The highest BCUT2D eigenvalue weighted by Crippen LogP contribution is 2.32. The van der Waals surface area contributed by atoms with E-state index in [2.05, 4.69) is 24.3 Å². The fraction of sp³-hybridized carbons (Fsp3) is 0.844. The molecule has 0 saturated carbocycles. The summed E-state index contributed by atoms with van der Waals surface area (Å²) in [5, 5.41) is 27.9. The molecule has 0 aromatic heterocycles. The van der Waals surface area contributed by atoms with Crippen molar-refractivity contribution in [3.63, 3.8) is 0 Å². The van der Waals surface area contributed by atoms with Crippen molar-refractivity contribution < 1.29 is 34.4 Å². The lowest BCUT2D eigenvalue weighted by Crippen LogP contribution is -2.34. The van der Waals surface area contributed by atoms with Crippen LogP contribution >= 0.6 is 0 Å². The Morgan fingerprint density at radius 1 is 0.491 bits per heavy atom. The third kappa shape index (κ3) is 37.9. The van der Waals surface area contributed by atoms with Crippen LogP contribution in [0.15, 0.2) is 24.3 Å². The number of nitrogens with zero attached hydrogens (tertiary/aromatic N) is 1. The Morgan fingerprint density at radius 3 is 1.09 bits per heavy atom. The van der Waals surface area contributed by atoms with Crippen LogP contribution in [0.2, 0.25) is 0 Å². The zero-order valence-corrected chi connectivity index (χ0v) is 34.5. The number of carbonyl (C=O) groups excluding carboxylic acids is 1. The van der Waals surface area contributed by atoms with E-state index in [-0.39, 0.29) is 24.5 Å². The lowest BCUT2D eigenvalue weighted by molar-refractivity contribution is -0.149. The first kappa shape index (κ1) is 50.8. The van der Waals surface area contributed by atoms with Gasteiger partial charge in [0, 0.05) is 18.3 Å². The number of aliphatic hydroxyl groups excluding tert-OH is 1. The number of ether oxygens (including phenoxy) is 1. The van der Waals surface area contributed by atoms with Gasteiger partial charge in [-0.3, -0.25) is 19.3 Å². The first-order valence-electron chi connectivity index (χ1n) is 21.9. The standard InChI is InChI=1S/C45H83NO7/c1-46(2)39-44(52)53-41-45(40-47,37-33-29-25-21-17-13-9-5-3-7-11-15-19-23-27-31-35-42(48)49)38-34-30-26-22-18-14-10-6-4-8-12-16-20-24-28-32-36-43(50)51/h3-4,7-8,47H,5-6,9-41H2,1-2H3,(H,48,49)(H,50,51)/b7-3-,8-4-. The fourth-order valence-electron chi connectivity index (χ4n) is 6.91. The number of hydrogen-bond acceptors (Lipinski definition) is 6. The van der Waals surface area contributed by atoms with E-state index in [1.807, 2.05) is 19.0 Å². The zero-order chi connectivity index (χ0) is 39.1. The van der Waals surface area contributed by atoms with E-state index in [0.717, 1.165) is 103 Å². The van der Waals surface area contributed by atoms with Crippen LogP contribution in [0.4, 0.5) is 0 Å². The monoisotopic (exact) mass is 750 g/mol. The molecule has 310 valence electrons. The normalized spacial score (nSPS) is 12.1.